The molecule has 0 radical (unpaired) electrons. The lowest BCUT2D eigenvalue weighted by Gasteiger charge is -2.10. The highest BCUT2D eigenvalue weighted by Gasteiger charge is 2.06. The Bertz CT molecular complexity index is 865. The Morgan fingerprint density at radius 1 is 0.875 bits per heavy atom. The van der Waals surface area contributed by atoms with Crippen LogP contribution in [0.25, 0.3) is 0 Å². The Kier molecular flexibility index (Phi) is 5.04. The Morgan fingerprint density at radius 2 is 1.62 bits per heavy atom. The number of anilines is 4. The van der Waals surface area contributed by atoms with Crippen molar-refractivity contribution < 1.29 is 0 Å². The lowest BCUT2D eigenvalue weighted by Crippen LogP contribution is -2.03. The third-order valence-corrected chi connectivity index (χ3v) is 3.81. The van der Waals surface area contributed by atoms with E-state index in [0.29, 0.717) is 32.5 Å². The molecular formula is C16H12Cl3N5. The van der Waals surface area contributed by atoms with Crippen molar-refractivity contribution in [3.63, 3.8) is 0 Å². The first-order valence-corrected chi connectivity index (χ1v) is 8.09. The van der Waals surface area contributed by atoms with Gasteiger partial charge in [0, 0.05) is 26.4 Å². The van der Waals surface area contributed by atoms with Crippen molar-refractivity contribution in [1.82, 2.24) is 15.2 Å². The van der Waals surface area contributed by atoms with E-state index in [4.69, 9.17) is 34.8 Å². The third-order valence-electron chi connectivity index (χ3n) is 3.14. The molecule has 2 N–H and O–H groups in total. The number of nitrogens with zero attached hydrogens (tertiary/aromatic N) is 3. The summed E-state index contributed by atoms with van der Waals surface area (Å²) in [4.78, 5) is 4.37. The zero-order valence-corrected chi connectivity index (χ0v) is 14.8. The fourth-order valence-electron chi connectivity index (χ4n) is 2.04. The van der Waals surface area contributed by atoms with E-state index in [0.717, 1.165) is 11.3 Å². The van der Waals surface area contributed by atoms with Crippen molar-refractivity contribution in [2.45, 2.75) is 6.92 Å². The van der Waals surface area contributed by atoms with Gasteiger partial charge in [-0.15, -0.1) is 5.10 Å². The molecule has 0 amide bonds. The quantitative estimate of drug-likeness (QED) is 0.614. The van der Waals surface area contributed by atoms with E-state index in [-0.39, 0.29) is 0 Å². The first-order chi connectivity index (χ1) is 11.5. The summed E-state index contributed by atoms with van der Waals surface area (Å²) >= 11 is 18.0. The van der Waals surface area contributed by atoms with Gasteiger partial charge in [-0.25, -0.2) is 0 Å². The number of aryl methyl sites for hydroxylation is 1. The van der Waals surface area contributed by atoms with Gasteiger partial charge in [0.1, 0.15) is 0 Å². The van der Waals surface area contributed by atoms with Crippen LogP contribution >= 0.6 is 34.8 Å². The molecule has 0 fully saturated rings. The van der Waals surface area contributed by atoms with Crippen LogP contribution < -0.4 is 10.6 Å². The number of hydrogen-bond acceptors (Lipinski definition) is 5. The molecule has 0 aliphatic rings. The molecule has 1 aromatic heterocycles. The topological polar surface area (TPSA) is 62.7 Å². The highest BCUT2D eigenvalue weighted by Crippen LogP contribution is 2.26. The van der Waals surface area contributed by atoms with E-state index in [2.05, 4.69) is 25.8 Å². The van der Waals surface area contributed by atoms with Crippen molar-refractivity contribution >= 4 is 57.9 Å². The first-order valence-electron chi connectivity index (χ1n) is 6.95. The van der Waals surface area contributed by atoms with Crippen LogP contribution in [-0.4, -0.2) is 15.2 Å². The molecule has 3 aromatic rings. The van der Waals surface area contributed by atoms with Crippen molar-refractivity contribution in [3.8, 4) is 0 Å². The molecule has 0 aliphatic carbocycles. The Morgan fingerprint density at radius 3 is 2.38 bits per heavy atom. The SMILES string of the molecule is Cc1ccc(Cl)cc1Nc1nncc(Nc2cc(Cl)cc(Cl)c2)n1. The van der Waals surface area contributed by atoms with E-state index in [1.807, 2.05) is 19.1 Å². The highest BCUT2D eigenvalue weighted by molar-refractivity contribution is 6.35. The fraction of sp³-hybridized carbons (Fsp3) is 0.0625. The molecular weight excluding hydrogens is 369 g/mol. The standard InChI is InChI=1S/C16H12Cl3N5/c1-9-2-3-10(17)7-14(9)22-16-23-15(8-20-24-16)21-13-5-11(18)4-12(19)6-13/h2-8H,1H3,(H2,21,22,23,24). The van der Waals surface area contributed by atoms with E-state index in [9.17, 15) is 0 Å². The van der Waals surface area contributed by atoms with Gasteiger partial charge in [0.05, 0.1) is 6.20 Å². The van der Waals surface area contributed by atoms with Crippen LogP contribution in [-0.2, 0) is 0 Å². The second-order valence-corrected chi connectivity index (χ2v) is 6.34. The third kappa shape index (κ3) is 4.26. The fourth-order valence-corrected chi connectivity index (χ4v) is 2.74. The highest BCUT2D eigenvalue weighted by atomic mass is 35.5. The largest absolute Gasteiger partial charge is 0.339 e. The van der Waals surface area contributed by atoms with Crippen LogP contribution in [0.2, 0.25) is 15.1 Å². The maximum atomic E-state index is 6.02. The van der Waals surface area contributed by atoms with Gasteiger partial charge in [-0.1, -0.05) is 40.9 Å². The maximum absolute atomic E-state index is 6.02. The molecule has 0 aliphatic heterocycles. The van der Waals surface area contributed by atoms with Crippen LogP contribution in [0.3, 0.4) is 0 Å². The summed E-state index contributed by atoms with van der Waals surface area (Å²) in [6.45, 7) is 1.96. The number of aromatic nitrogens is 3. The van der Waals surface area contributed by atoms with E-state index in [1.54, 1.807) is 24.3 Å². The van der Waals surface area contributed by atoms with Gasteiger partial charge in [-0.05, 0) is 42.8 Å². The van der Waals surface area contributed by atoms with Gasteiger partial charge in [-0.2, -0.15) is 10.1 Å². The Hall–Kier alpha value is -2.08. The number of nitrogens with one attached hydrogen (secondary N) is 2. The smallest absolute Gasteiger partial charge is 0.249 e. The van der Waals surface area contributed by atoms with Gasteiger partial charge in [0.2, 0.25) is 5.95 Å². The van der Waals surface area contributed by atoms with Gasteiger partial charge in [0.15, 0.2) is 5.82 Å². The molecule has 0 spiro atoms. The normalized spacial score (nSPS) is 10.5. The molecule has 3 rings (SSSR count). The van der Waals surface area contributed by atoms with Crippen molar-refractivity contribution in [3.05, 3.63) is 63.2 Å². The average Bonchev–Trinajstić information content (AvgIpc) is 2.50. The molecule has 8 heteroatoms. The van der Waals surface area contributed by atoms with E-state index < -0.39 is 0 Å². The molecule has 2 aromatic carbocycles. The summed E-state index contributed by atoms with van der Waals surface area (Å²) in [5.41, 5.74) is 2.54. The number of benzene rings is 2. The summed E-state index contributed by atoms with van der Waals surface area (Å²) in [7, 11) is 0. The second kappa shape index (κ2) is 7.21. The minimum Gasteiger partial charge on any atom is -0.339 e. The summed E-state index contributed by atoms with van der Waals surface area (Å²) < 4.78 is 0. The van der Waals surface area contributed by atoms with Crippen molar-refractivity contribution in [1.29, 1.82) is 0 Å². The average molecular weight is 381 g/mol. The van der Waals surface area contributed by atoms with E-state index in [1.165, 1.54) is 6.20 Å². The summed E-state index contributed by atoms with van der Waals surface area (Å²) in [5.74, 6) is 0.851. The number of hydrogen-bond donors (Lipinski definition) is 2. The Labute approximate surface area is 154 Å². The summed E-state index contributed by atoms with van der Waals surface area (Å²) in [6.07, 6.45) is 1.50. The predicted molar refractivity (Wildman–Crippen MR) is 99.0 cm³/mol. The minimum atomic E-state index is 0.346. The zero-order valence-electron chi connectivity index (χ0n) is 12.5. The molecule has 24 heavy (non-hydrogen) atoms. The van der Waals surface area contributed by atoms with Crippen LogP contribution in [0.1, 0.15) is 5.56 Å². The predicted octanol–water partition coefficient (Wildman–Crippen LogP) is 5.63. The van der Waals surface area contributed by atoms with Crippen molar-refractivity contribution in [2.24, 2.45) is 0 Å². The molecule has 0 saturated heterocycles. The molecule has 0 unspecified atom stereocenters. The minimum absolute atomic E-state index is 0.346. The summed E-state index contributed by atoms with van der Waals surface area (Å²) in [6, 6.07) is 10.7. The van der Waals surface area contributed by atoms with Gasteiger partial charge >= 0.3 is 0 Å². The molecule has 122 valence electrons. The Balaban J connectivity index is 1.82. The molecule has 1 heterocycles. The zero-order chi connectivity index (χ0) is 17.1. The lowest BCUT2D eigenvalue weighted by molar-refractivity contribution is 0.982. The first kappa shape index (κ1) is 16.8. The van der Waals surface area contributed by atoms with Crippen LogP contribution in [0.5, 0.6) is 0 Å². The number of halogens is 3. The van der Waals surface area contributed by atoms with Crippen LogP contribution in [0.4, 0.5) is 23.1 Å². The molecule has 0 saturated carbocycles. The van der Waals surface area contributed by atoms with E-state index >= 15 is 0 Å². The van der Waals surface area contributed by atoms with Gasteiger partial charge in [-0.3, -0.25) is 0 Å². The molecule has 5 nitrogen and oxygen atoms in total. The van der Waals surface area contributed by atoms with Crippen LogP contribution in [0.15, 0.2) is 42.6 Å². The second-order valence-electron chi connectivity index (χ2n) is 5.03. The number of rotatable bonds is 4. The molecule has 0 atom stereocenters. The summed E-state index contributed by atoms with van der Waals surface area (Å²) in [5, 5.41) is 15.8. The maximum Gasteiger partial charge on any atom is 0.249 e. The van der Waals surface area contributed by atoms with Gasteiger partial charge < -0.3 is 10.6 Å². The lowest BCUT2D eigenvalue weighted by atomic mass is 10.2. The van der Waals surface area contributed by atoms with Crippen LogP contribution in [0, 0.1) is 6.92 Å². The monoisotopic (exact) mass is 379 g/mol. The van der Waals surface area contributed by atoms with Crippen molar-refractivity contribution in [2.75, 3.05) is 10.6 Å². The van der Waals surface area contributed by atoms with Gasteiger partial charge in [0.25, 0.3) is 0 Å². The molecule has 0 bridgehead atoms.